The predicted octanol–water partition coefficient (Wildman–Crippen LogP) is 3.57. The summed E-state index contributed by atoms with van der Waals surface area (Å²) in [6.45, 7) is 0.248. The van der Waals surface area contributed by atoms with Gasteiger partial charge in [-0.2, -0.15) is 0 Å². The molecule has 6 heteroatoms. The molecule has 1 aromatic heterocycles. The van der Waals surface area contributed by atoms with E-state index in [1.807, 2.05) is 30.3 Å². The van der Waals surface area contributed by atoms with E-state index in [0.29, 0.717) is 17.1 Å². The number of nitrogens with one attached hydrogen (secondary N) is 1. The smallest absolute Gasteiger partial charge is 0.130 e. The van der Waals surface area contributed by atoms with Crippen LogP contribution >= 0.6 is 0 Å². The molecule has 0 radical (unpaired) electrons. The normalized spacial score (nSPS) is 12.0. The van der Waals surface area contributed by atoms with Crippen molar-refractivity contribution in [3.63, 3.8) is 0 Å². The summed E-state index contributed by atoms with van der Waals surface area (Å²) in [4.78, 5) is 8.08. The Balaban J connectivity index is 1.74. The summed E-state index contributed by atoms with van der Waals surface area (Å²) < 4.78 is 26.6. The first kappa shape index (κ1) is 16.0. The number of aliphatic hydroxyl groups is 1. The van der Waals surface area contributed by atoms with Crippen LogP contribution in [0, 0.1) is 11.6 Å². The van der Waals surface area contributed by atoms with Gasteiger partial charge in [0.1, 0.15) is 23.8 Å². The Bertz CT molecular complexity index is 807. The summed E-state index contributed by atoms with van der Waals surface area (Å²) in [5.41, 5.74) is 1.49. The first-order chi connectivity index (χ1) is 11.6. The van der Waals surface area contributed by atoms with E-state index in [1.54, 1.807) is 6.07 Å². The number of nitrogens with zero attached hydrogens (tertiary/aromatic N) is 2. The molecule has 0 aliphatic rings. The Morgan fingerprint density at radius 2 is 1.67 bits per heavy atom. The lowest BCUT2D eigenvalue weighted by atomic mass is 10.1. The van der Waals surface area contributed by atoms with Crippen molar-refractivity contribution in [2.75, 3.05) is 11.9 Å². The van der Waals surface area contributed by atoms with Gasteiger partial charge in [-0.25, -0.2) is 18.7 Å². The molecule has 3 rings (SSSR count). The van der Waals surface area contributed by atoms with Crippen LogP contribution in [-0.2, 0) is 0 Å². The summed E-state index contributed by atoms with van der Waals surface area (Å²) >= 11 is 0. The van der Waals surface area contributed by atoms with E-state index in [4.69, 9.17) is 0 Å². The van der Waals surface area contributed by atoms with E-state index >= 15 is 0 Å². The fraction of sp³-hybridized carbons (Fsp3) is 0.111. The average Bonchev–Trinajstić information content (AvgIpc) is 2.60. The third-order valence-corrected chi connectivity index (χ3v) is 3.49. The van der Waals surface area contributed by atoms with Crippen LogP contribution in [0.15, 0.2) is 60.9 Å². The van der Waals surface area contributed by atoms with Crippen LogP contribution in [0.25, 0.3) is 11.3 Å². The average molecular weight is 327 g/mol. The molecule has 2 aromatic carbocycles. The highest BCUT2D eigenvalue weighted by Crippen LogP contribution is 2.21. The van der Waals surface area contributed by atoms with E-state index in [2.05, 4.69) is 15.3 Å². The molecule has 0 saturated carbocycles. The van der Waals surface area contributed by atoms with E-state index in [0.717, 1.165) is 11.6 Å². The minimum absolute atomic E-state index is 0.248. The van der Waals surface area contributed by atoms with E-state index in [1.165, 1.54) is 18.5 Å². The van der Waals surface area contributed by atoms with Gasteiger partial charge in [0, 0.05) is 24.2 Å². The van der Waals surface area contributed by atoms with Gasteiger partial charge in [0.05, 0.1) is 11.8 Å². The molecular formula is C18H15F2N3O. The van der Waals surface area contributed by atoms with Crippen LogP contribution in [0.5, 0.6) is 0 Å². The fourth-order valence-electron chi connectivity index (χ4n) is 2.31. The van der Waals surface area contributed by atoms with Gasteiger partial charge in [-0.3, -0.25) is 0 Å². The molecule has 24 heavy (non-hydrogen) atoms. The zero-order valence-electron chi connectivity index (χ0n) is 12.7. The lowest BCUT2D eigenvalue weighted by Gasteiger charge is -2.13. The Morgan fingerprint density at radius 1 is 0.958 bits per heavy atom. The molecule has 0 fully saturated rings. The summed E-state index contributed by atoms with van der Waals surface area (Å²) in [5.74, 6) is -0.880. The lowest BCUT2D eigenvalue weighted by Crippen LogP contribution is -2.13. The quantitative estimate of drug-likeness (QED) is 0.752. The number of aliphatic hydroxyl groups excluding tert-OH is 1. The topological polar surface area (TPSA) is 58.0 Å². The van der Waals surface area contributed by atoms with Crippen LogP contribution in [0.4, 0.5) is 14.6 Å². The molecule has 122 valence electrons. The maximum Gasteiger partial charge on any atom is 0.130 e. The van der Waals surface area contributed by atoms with E-state index in [9.17, 15) is 13.9 Å². The molecule has 3 aromatic rings. The molecule has 1 heterocycles. The summed E-state index contributed by atoms with van der Waals surface area (Å²) in [5, 5.41) is 13.1. The number of halogens is 2. The monoisotopic (exact) mass is 327 g/mol. The first-order valence-corrected chi connectivity index (χ1v) is 7.37. The molecule has 0 saturated heterocycles. The highest BCUT2D eigenvalue weighted by molar-refractivity contribution is 5.62. The zero-order chi connectivity index (χ0) is 16.9. The number of rotatable bonds is 5. The Morgan fingerprint density at radius 3 is 2.38 bits per heavy atom. The molecule has 0 amide bonds. The SMILES string of the molecule is O[C@@H](CNc1cc(-c2cc(F)cc(F)c2)ncn1)c1ccccc1. The van der Waals surface area contributed by atoms with Gasteiger partial charge in [0.15, 0.2) is 0 Å². The van der Waals surface area contributed by atoms with Crippen molar-refractivity contribution in [1.29, 1.82) is 0 Å². The van der Waals surface area contributed by atoms with E-state index in [-0.39, 0.29) is 6.54 Å². The van der Waals surface area contributed by atoms with Crippen molar-refractivity contribution in [3.05, 3.63) is 78.1 Å². The van der Waals surface area contributed by atoms with Crippen molar-refractivity contribution >= 4 is 5.82 Å². The second-order valence-corrected chi connectivity index (χ2v) is 5.25. The van der Waals surface area contributed by atoms with Gasteiger partial charge >= 0.3 is 0 Å². The van der Waals surface area contributed by atoms with Crippen molar-refractivity contribution < 1.29 is 13.9 Å². The number of hydrogen-bond acceptors (Lipinski definition) is 4. The van der Waals surface area contributed by atoms with Crippen molar-refractivity contribution in [1.82, 2.24) is 9.97 Å². The van der Waals surface area contributed by atoms with Crippen LogP contribution in [0.1, 0.15) is 11.7 Å². The minimum Gasteiger partial charge on any atom is -0.387 e. The third-order valence-electron chi connectivity index (χ3n) is 3.49. The summed E-state index contributed by atoms with van der Waals surface area (Å²) in [7, 11) is 0. The molecule has 0 aliphatic heterocycles. The standard InChI is InChI=1S/C18H15F2N3O/c19-14-6-13(7-15(20)8-14)16-9-18(23-11-22-16)21-10-17(24)12-4-2-1-3-5-12/h1-9,11,17,24H,10H2,(H,21,22,23)/t17-/m0/s1. The second kappa shape index (κ2) is 7.14. The van der Waals surface area contributed by atoms with Gasteiger partial charge in [-0.05, 0) is 17.7 Å². The second-order valence-electron chi connectivity index (χ2n) is 5.25. The molecule has 0 aliphatic carbocycles. The van der Waals surface area contributed by atoms with Gasteiger partial charge in [-0.15, -0.1) is 0 Å². The summed E-state index contributed by atoms with van der Waals surface area (Å²) in [6.07, 6.45) is 0.603. The summed E-state index contributed by atoms with van der Waals surface area (Å²) in [6, 6.07) is 14.0. The highest BCUT2D eigenvalue weighted by atomic mass is 19.1. The van der Waals surface area contributed by atoms with Crippen molar-refractivity contribution in [2.45, 2.75) is 6.10 Å². The maximum absolute atomic E-state index is 13.3. The molecular weight excluding hydrogens is 312 g/mol. The third kappa shape index (κ3) is 3.91. The minimum atomic E-state index is -0.698. The Kier molecular flexibility index (Phi) is 4.77. The zero-order valence-corrected chi connectivity index (χ0v) is 12.7. The van der Waals surface area contributed by atoms with Crippen LogP contribution < -0.4 is 5.32 Å². The van der Waals surface area contributed by atoms with Gasteiger partial charge in [0.2, 0.25) is 0 Å². The van der Waals surface area contributed by atoms with E-state index < -0.39 is 17.7 Å². The number of hydrogen-bond donors (Lipinski definition) is 2. The molecule has 1 atom stereocenters. The molecule has 0 unspecified atom stereocenters. The first-order valence-electron chi connectivity index (χ1n) is 7.37. The maximum atomic E-state index is 13.3. The molecule has 0 bridgehead atoms. The van der Waals surface area contributed by atoms with Gasteiger partial charge in [0.25, 0.3) is 0 Å². The fourth-order valence-corrected chi connectivity index (χ4v) is 2.31. The number of benzene rings is 2. The Labute approximate surface area is 137 Å². The van der Waals surface area contributed by atoms with Gasteiger partial charge in [-0.1, -0.05) is 30.3 Å². The largest absolute Gasteiger partial charge is 0.387 e. The van der Waals surface area contributed by atoms with Gasteiger partial charge < -0.3 is 10.4 Å². The van der Waals surface area contributed by atoms with Crippen molar-refractivity contribution in [2.24, 2.45) is 0 Å². The number of anilines is 1. The molecule has 2 N–H and O–H groups in total. The molecule has 0 spiro atoms. The van der Waals surface area contributed by atoms with Crippen LogP contribution in [-0.4, -0.2) is 21.6 Å². The number of aromatic nitrogens is 2. The van der Waals surface area contributed by atoms with Crippen LogP contribution in [0.2, 0.25) is 0 Å². The predicted molar refractivity (Wildman–Crippen MR) is 87.3 cm³/mol. The molecule has 4 nitrogen and oxygen atoms in total. The Hall–Kier alpha value is -2.86. The highest BCUT2D eigenvalue weighted by Gasteiger charge is 2.09. The van der Waals surface area contributed by atoms with Crippen molar-refractivity contribution in [3.8, 4) is 11.3 Å². The lowest BCUT2D eigenvalue weighted by molar-refractivity contribution is 0.191. The van der Waals surface area contributed by atoms with Crippen LogP contribution in [0.3, 0.4) is 0 Å².